The van der Waals surface area contributed by atoms with E-state index in [4.69, 9.17) is 27.9 Å². The van der Waals surface area contributed by atoms with Crippen LogP contribution in [-0.4, -0.2) is 19.3 Å². The first-order chi connectivity index (χ1) is 11.0. The summed E-state index contributed by atoms with van der Waals surface area (Å²) in [6.45, 7) is 2.62. The Hall–Kier alpha value is -1.91. The number of hydrogen-bond acceptors (Lipinski definition) is 2. The number of urea groups is 1. The lowest BCUT2D eigenvalue weighted by molar-refractivity contribution is 0.224. The Labute approximate surface area is 145 Å². The van der Waals surface area contributed by atoms with E-state index in [1.165, 1.54) is 11.1 Å². The van der Waals surface area contributed by atoms with Gasteiger partial charge in [0.15, 0.2) is 6.73 Å². The van der Waals surface area contributed by atoms with Gasteiger partial charge in [-0.05, 0) is 37.1 Å². The fraction of sp³-hybridized carbons (Fsp3) is 0.235. The maximum atomic E-state index is 11.7. The second kappa shape index (κ2) is 8.65. The fourth-order valence-electron chi connectivity index (χ4n) is 2.02. The quantitative estimate of drug-likeness (QED) is 0.766. The Morgan fingerprint density at radius 3 is 2.70 bits per heavy atom. The van der Waals surface area contributed by atoms with E-state index in [0.717, 1.165) is 6.42 Å². The SMILES string of the molecule is Cc1cccc(CCNC(=O)NCOc2ccc(Cl)cc2Cl)c1. The highest BCUT2D eigenvalue weighted by Gasteiger charge is 2.04. The number of halogens is 2. The fourth-order valence-corrected chi connectivity index (χ4v) is 2.49. The largest absolute Gasteiger partial charge is 0.472 e. The molecule has 23 heavy (non-hydrogen) atoms. The van der Waals surface area contributed by atoms with E-state index >= 15 is 0 Å². The number of aryl methyl sites for hydroxylation is 1. The van der Waals surface area contributed by atoms with Crippen LogP contribution in [0, 0.1) is 6.92 Å². The van der Waals surface area contributed by atoms with Crippen LogP contribution in [0.2, 0.25) is 10.0 Å². The second-order valence-electron chi connectivity index (χ2n) is 5.04. The summed E-state index contributed by atoms with van der Waals surface area (Å²) in [7, 11) is 0. The summed E-state index contributed by atoms with van der Waals surface area (Å²) in [5.74, 6) is 0.469. The molecule has 4 nitrogen and oxygen atoms in total. The van der Waals surface area contributed by atoms with Crippen LogP contribution < -0.4 is 15.4 Å². The molecule has 2 N–H and O–H groups in total. The molecule has 0 unspecified atom stereocenters. The Bertz CT molecular complexity index is 677. The van der Waals surface area contributed by atoms with Gasteiger partial charge in [-0.2, -0.15) is 0 Å². The van der Waals surface area contributed by atoms with Crippen LogP contribution in [0.15, 0.2) is 42.5 Å². The zero-order valence-electron chi connectivity index (χ0n) is 12.7. The van der Waals surface area contributed by atoms with Crippen molar-refractivity contribution in [1.29, 1.82) is 0 Å². The molecular formula is C17H18Cl2N2O2. The maximum absolute atomic E-state index is 11.7. The van der Waals surface area contributed by atoms with Gasteiger partial charge in [-0.15, -0.1) is 0 Å². The van der Waals surface area contributed by atoms with Crippen LogP contribution in [0.1, 0.15) is 11.1 Å². The summed E-state index contributed by atoms with van der Waals surface area (Å²) in [6, 6.07) is 12.8. The van der Waals surface area contributed by atoms with Crippen molar-refractivity contribution < 1.29 is 9.53 Å². The standard InChI is InChI=1S/C17H18Cl2N2O2/c1-12-3-2-4-13(9-12)7-8-20-17(22)21-11-23-16-6-5-14(18)10-15(16)19/h2-6,9-10H,7-8,11H2,1H3,(H2,20,21,22). The van der Waals surface area contributed by atoms with Crippen LogP contribution in [0.25, 0.3) is 0 Å². The third-order valence-corrected chi connectivity index (χ3v) is 3.67. The van der Waals surface area contributed by atoms with Gasteiger partial charge in [0.1, 0.15) is 5.75 Å². The van der Waals surface area contributed by atoms with E-state index in [0.29, 0.717) is 22.3 Å². The van der Waals surface area contributed by atoms with Crippen molar-refractivity contribution in [1.82, 2.24) is 10.6 Å². The van der Waals surface area contributed by atoms with E-state index in [1.807, 2.05) is 25.1 Å². The molecule has 2 rings (SSSR count). The third-order valence-electron chi connectivity index (χ3n) is 3.14. The lowest BCUT2D eigenvalue weighted by Crippen LogP contribution is -2.38. The predicted molar refractivity (Wildman–Crippen MR) is 93.4 cm³/mol. The number of carbonyl (C=O) groups is 1. The molecule has 2 amide bonds. The van der Waals surface area contributed by atoms with E-state index in [-0.39, 0.29) is 12.8 Å². The molecule has 0 aromatic heterocycles. The van der Waals surface area contributed by atoms with E-state index in [9.17, 15) is 4.79 Å². The van der Waals surface area contributed by atoms with Gasteiger partial charge in [0.05, 0.1) is 5.02 Å². The first-order valence-electron chi connectivity index (χ1n) is 7.19. The number of rotatable bonds is 6. The van der Waals surface area contributed by atoms with Gasteiger partial charge >= 0.3 is 6.03 Å². The minimum atomic E-state index is -0.289. The number of nitrogens with one attached hydrogen (secondary N) is 2. The van der Waals surface area contributed by atoms with Crippen molar-refractivity contribution in [3.63, 3.8) is 0 Å². The summed E-state index contributed by atoms with van der Waals surface area (Å²) >= 11 is 11.8. The van der Waals surface area contributed by atoms with Gasteiger partial charge in [-0.3, -0.25) is 0 Å². The number of benzene rings is 2. The third kappa shape index (κ3) is 6.00. The molecule has 0 radical (unpaired) electrons. The smallest absolute Gasteiger partial charge is 0.317 e. The molecule has 0 bridgehead atoms. The van der Waals surface area contributed by atoms with Gasteiger partial charge in [-0.1, -0.05) is 53.0 Å². The Balaban J connectivity index is 1.67. The number of amides is 2. The van der Waals surface area contributed by atoms with Crippen molar-refractivity contribution in [3.8, 4) is 5.75 Å². The minimum Gasteiger partial charge on any atom is -0.472 e. The van der Waals surface area contributed by atoms with Crippen LogP contribution >= 0.6 is 23.2 Å². The van der Waals surface area contributed by atoms with E-state index in [1.54, 1.807) is 18.2 Å². The van der Waals surface area contributed by atoms with Crippen LogP contribution in [-0.2, 0) is 6.42 Å². The molecule has 0 fully saturated rings. The van der Waals surface area contributed by atoms with Crippen LogP contribution in [0.4, 0.5) is 4.79 Å². The summed E-state index contributed by atoms with van der Waals surface area (Å²) in [5, 5.41) is 6.32. The molecule has 0 saturated carbocycles. The van der Waals surface area contributed by atoms with E-state index in [2.05, 4.69) is 16.7 Å². The molecule has 0 aliphatic heterocycles. The second-order valence-corrected chi connectivity index (χ2v) is 5.88. The maximum Gasteiger partial charge on any atom is 0.317 e. The molecule has 122 valence electrons. The highest BCUT2D eigenvalue weighted by Crippen LogP contribution is 2.27. The molecule has 6 heteroatoms. The molecule has 0 heterocycles. The van der Waals surface area contributed by atoms with Crippen molar-refractivity contribution in [2.75, 3.05) is 13.3 Å². The number of ether oxygens (including phenoxy) is 1. The van der Waals surface area contributed by atoms with Gasteiger partial charge in [0.25, 0.3) is 0 Å². The van der Waals surface area contributed by atoms with Gasteiger partial charge < -0.3 is 15.4 Å². The zero-order valence-corrected chi connectivity index (χ0v) is 14.2. The zero-order chi connectivity index (χ0) is 16.7. The summed E-state index contributed by atoms with van der Waals surface area (Å²) in [5.41, 5.74) is 2.40. The first kappa shape index (κ1) is 17.4. The Morgan fingerprint density at radius 2 is 1.96 bits per heavy atom. The van der Waals surface area contributed by atoms with E-state index < -0.39 is 0 Å². The normalized spacial score (nSPS) is 10.2. The molecule has 2 aromatic carbocycles. The summed E-state index contributed by atoms with van der Waals surface area (Å²) < 4.78 is 5.38. The lowest BCUT2D eigenvalue weighted by atomic mass is 10.1. The van der Waals surface area contributed by atoms with Crippen LogP contribution in [0.3, 0.4) is 0 Å². The molecule has 0 saturated heterocycles. The van der Waals surface area contributed by atoms with Gasteiger partial charge in [-0.25, -0.2) is 4.79 Å². The highest BCUT2D eigenvalue weighted by atomic mass is 35.5. The van der Waals surface area contributed by atoms with Crippen molar-refractivity contribution in [2.24, 2.45) is 0 Å². The molecule has 0 atom stereocenters. The van der Waals surface area contributed by atoms with Crippen molar-refractivity contribution >= 4 is 29.2 Å². The van der Waals surface area contributed by atoms with Gasteiger partial charge in [0.2, 0.25) is 0 Å². The topological polar surface area (TPSA) is 50.4 Å². The molecule has 0 aliphatic rings. The summed E-state index contributed by atoms with van der Waals surface area (Å²) in [4.78, 5) is 11.7. The molecule has 0 spiro atoms. The Morgan fingerprint density at radius 1 is 1.13 bits per heavy atom. The average molecular weight is 353 g/mol. The molecular weight excluding hydrogens is 335 g/mol. The number of carbonyl (C=O) groups excluding carboxylic acids is 1. The lowest BCUT2D eigenvalue weighted by Gasteiger charge is -2.10. The average Bonchev–Trinajstić information content (AvgIpc) is 2.49. The first-order valence-corrected chi connectivity index (χ1v) is 7.95. The minimum absolute atomic E-state index is 0.0254. The summed E-state index contributed by atoms with van der Waals surface area (Å²) in [6.07, 6.45) is 0.777. The van der Waals surface area contributed by atoms with Crippen molar-refractivity contribution in [2.45, 2.75) is 13.3 Å². The van der Waals surface area contributed by atoms with Gasteiger partial charge in [0, 0.05) is 11.6 Å². The molecule has 0 aliphatic carbocycles. The highest BCUT2D eigenvalue weighted by molar-refractivity contribution is 6.35. The monoisotopic (exact) mass is 352 g/mol. The van der Waals surface area contributed by atoms with Crippen LogP contribution in [0.5, 0.6) is 5.75 Å². The number of hydrogen-bond donors (Lipinski definition) is 2. The predicted octanol–water partition coefficient (Wildman–Crippen LogP) is 4.18. The molecule has 2 aromatic rings. The Kier molecular flexibility index (Phi) is 6.56. The van der Waals surface area contributed by atoms with Crippen molar-refractivity contribution in [3.05, 3.63) is 63.6 Å².